The lowest BCUT2D eigenvalue weighted by Gasteiger charge is -2.34. The van der Waals surface area contributed by atoms with Gasteiger partial charge in [-0.25, -0.2) is 9.59 Å². The van der Waals surface area contributed by atoms with Crippen molar-refractivity contribution in [1.29, 1.82) is 0 Å². The Morgan fingerprint density at radius 2 is 1.20 bits per heavy atom. The minimum Gasteiger partial charge on any atom is -0.462 e. The fraction of sp³-hybridized carbons (Fsp3) is 0.500. The number of nitrogens with zero attached hydrogens (tertiary/aromatic N) is 5. The normalized spacial score (nSPS) is 16.1. The highest BCUT2D eigenvalue weighted by atomic mass is 16.6. The number of ether oxygens (including phenoxy) is 2. The predicted octanol–water partition coefficient (Wildman–Crippen LogP) is 2.72. The standard InChI is InChI=1S/C14H19N3O4.C14H21N3O2/c1-3-21-14(18)12-10-11(17(19)20)4-5-13(12)16-8-6-15(2)7-9-16;1-3-19-14(18)12-10-11(15)4-5-13(12)17-8-6-16(2)7-9-17/h4-5,10H,3,6-9H2,1-2H3;4-5,10H,3,6-9,15H2,1-2H3. The number of carbonyl (C=O) groups excluding carboxylic acids is 2. The number of likely N-dealkylation sites (N-methyl/N-ethyl adjacent to an activating group) is 2. The Labute approximate surface area is 235 Å². The molecule has 218 valence electrons. The third-order valence-electron chi connectivity index (χ3n) is 6.89. The summed E-state index contributed by atoms with van der Waals surface area (Å²) in [5.41, 5.74) is 8.70. The van der Waals surface area contributed by atoms with Gasteiger partial charge in [-0.3, -0.25) is 10.1 Å². The fourth-order valence-electron chi connectivity index (χ4n) is 4.58. The summed E-state index contributed by atoms with van der Waals surface area (Å²) in [4.78, 5) is 43.2. The van der Waals surface area contributed by atoms with Gasteiger partial charge in [-0.1, -0.05) is 0 Å². The van der Waals surface area contributed by atoms with Crippen LogP contribution in [-0.4, -0.2) is 106 Å². The van der Waals surface area contributed by atoms with Crippen molar-refractivity contribution in [3.05, 3.63) is 57.6 Å². The Kier molecular flexibility index (Phi) is 11.1. The number of hydrogen-bond donors (Lipinski definition) is 1. The number of nitrogens with two attached hydrogens (primary N) is 1. The topological polar surface area (TPSA) is 135 Å². The maximum atomic E-state index is 12.1. The molecule has 0 bridgehead atoms. The number of rotatable bonds is 7. The molecule has 2 saturated heterocycles. The number of piperazine rings is 2. The Morgan fingerprint density at radius 1 is 0.775 bits per heavy atom. The van der Waals surface area contributed by atoms with E-state index in [1.54, 1.807) is 26.0 Å². The van der Waals surface area contributed by atoms with Gasteiger partial charge in [-0.15, -0.1) is 0 Å². The summed E-state index contributed by atoms with van der Waals surface area (Å²) in [5, 5.41) is 10.9. The molecule has 12 nitrogen and oxygen atoms in total. The van der Waals surface area contributed by atoms with Gasteiger partial charge in [0.15, 0.2) is 0 Å². The van der Waals surface area contributed by atoms with Crippen LogP contribution in [0.3, 0.4) is 0 Å². The minimum absolute atomic E-state index is 0.101. The highest BCUT2D eigenvalue weighted by Gasteiger charge is 2.24. The van der Waals surface area contributed by atoms with Crippen LogP contribution in [0.5, 0.6) is 0 Å². The largest absolute Gasteiger partial charge is 0.462 e. The molecular weight excluding hydrogens is 516 g/mol. The molecule has 0 unspecified atom stereocenters. The Hall–Kier alpha value is -3.90. The molecule has 0 amide bonds. The van der Waals surface area contributed by atoms with E-state index in [2.05, 4.69) is 26.6 Å². The zero-order valence-electron chi connectivity index (χ0n) is 23.8. The molecule has 2 aromatic rings. The van der Waals surface area contributed by atoms with Crippen molar-refractivity contribution >= 4 is 34.7 Å². The summed E-state index contributed by atoms with van der Waals surface area (Å²) in [6.45, 7) is 11.3. The smallest absolute Gasteiger partial charge is 0.340 e. The van der Waals surface area contributed by atoms with E-state index in [1.165, 1.54) is 12.1 Å². The molecule has 12 heteroatoms. The number of carbonyl (C=O) groups is 2. The maximum Gasteiger partial charge on any atom is 0.340 e. The van der Waals surface area contributed by atoms with Crippen molar-refractivity contribution in [1.82, 2.24) is 9.80 Å². The number of nitro benzene ring substituents is 1. The molecule has 40 heavy (non-hydrogen) atoms. The number of anilines is 3. The Morgan fingerprint density at radius 3 is 1.62 bits per heavy atom. The SMILES string of the molecule is CCOC(=O)c1cc(N)ccc1N1CCN(C)CC1.CCOC(=O)c1cc([N+](=O)[O-])ccc1N1CCN(C)CC1. The van der Waals surface area contributed by atoms with E-state index >= 15 is 0 Å². The molecular formula is C28H40N6O6. The molecule has 2 N–H and O–H groups in total. The first-order valence-corrected chi connectivity index (χ1v) is 13.5. The molecule has 2 heterocycles. The van der Waals surface area contributed by atoms with Gasteiger partial charge in [0.25, 0.3) is 5.69 Å². The average Bonchev–Trinajstić information content (AvgIpc) is 2.94. The van der Waals surface area contributed by atoms with Crippen LogP contribution < -0.4 is 15.5 Å². The fourth-order valence-corrected chi connectivity index (χ4v) is 4.58. The highest BCUT2D eigenvalue weighted by Crippen LogP contribution is 2.28. The van der Waals surface area contributed by atoms with Crippen molar-refractivity contribution in [2.24, 2.45) is 0 Å². The van der Waals surface area contributed by atoms with E-state index in [0.29, 0.717) is 23.5 Å². The molecule has 0 aromatic heterocycles. The van der Waals surface area contributed by atoms with Gasteiger partial charge in [-0.2, -0.15) is 0 Å². The van der Waals surface area contributed by atoms with Gasteiger partial charge >= 0.3 is 11.9 Å². The monoisotopic (exact) mass is 556 g/mol. The first-order valence-electron chi connectivity index (χ1n) is 13.5. The van der Waals surface area contributed by atoms with Crippen molar-refractivity contribution in [2.45, 2.75) is 13.8 Å². The van der Waals surface area contributed by atoms with Gasteiger partial charge in [0.2, 0.25) is 0 Å². The van der Waals surface area contributed by atoms with E-state index in [1.807, 2.05) is 19.2 Å². The van der Waals surface area contributed by atoms with E-state index in [0.717, 1.165) is 58.0 Å². The second-order valence-electron chi connectivity index (χ2n) is 9.76. The van der Waals surface area contributed by atoms with Crippen LogP contribution in [0.4, 0.5) is 22.7 Å². The van der Waals surface area contributed by atoms with Gasteiger partial charge in [0.05, 0.1) is 40.6 Å². The van der Waals surface area contributed by atoms with Gasteiger partial charge < -0.3 is 34.8 Å². The van der Waals surface area contributed by atoms with E-state index in [-0.39, 0.29) is 23.8 Å². The van der Waals surface area contributed by atoms with E-state index < -0.39 is 10.9 Å². The molecule has 4 rings (SSSR count). The summed E-state index contributed by atoms with van der Waals surface area (Å²) >= 11 is 0. The molecule has 2 aromatic carbocycles. The third-order valence-corrected chi connectivity index (χ3v) is 6.89. The van der Waals surface area contributed by atoms with Crippen LogP contribution in [0.15, 0.2) is 36.4 Å². The minimum atomic E-state index is -0.518. The zero-order valence-corrected chi connectivity index (χ0v) is 23.8. The number of hydrogen-bond acceptors (Lipinski definition) is 11. The molecule has 0 atom stereocenters. The summed E-state index contributed by atoms with van der Waals surface area (Å²) in [5.74, 6) is -0.821. The van der Waals surface area contributed by atoms with E-state index in [9.17, 15) is 19.7 Å². The van der Waals surface area contributed by atoms with Gasteiger partial charge in [0.1, 0.15) is 0 Å². The quantitative estimate of drug-likeness (QED) is 0.233. The molecule has 2 aliphatic rings. The Balaban J connectivity index is 0.000000222. The first-order chi connectivity index (χ1) is 19.1. The zero-order chi connectivity index (χ0) is 29.2. The van der Waals surface area contributed by atoms with Crippen LogP contribution in [0.25, 0.3) is 0 Å². The van der Waals surface area contributed by atoms with Crippen molar-refractivity contribution in [3.63, 3.8) is 0 Å². The molecule has 0 spiro atoms. The maximum absolute atomic E-state index is 12.1. The summed E-state index contributed by atoms with van der Waals surface area (Å²) in [6, 6.07) is 9.80. The molecule has 0 radical (unpaired) electrons. The van der Waals surface area contributed by atoms with Crippen LogP contribution in [0, 0.1) is 10.1 Å². The van der Waals surface area contributed by atoms with Crippen molar-refractivity contribution in [3.8, 4) is 0 Å². The second-order valence-corrected chi connectivity index (χ2v) is 9.76. The molecule has 2 fully saturated rings. The van der Waals surface area contributed by atoms with Crippen LogP contribution in [-0.2, 0) is 9.47 Å². The van der Waals surface area contributed by atoms with Gasteiger partial charge in [-0.05, 0) is 52.2 Å². The number of non-ortho nitro benzene ring substituents is 1. The van der Waals surface area contributed by atoms with Crippen LogP contribution in [0.2, 0.25) is 0 Å². The molecule has 2 aliphatic heterocycles. The molecule has 0 aliphatic carbocycles. The lowest BCUT2D eigenvalue weighted by Crippen LogP contribution is -2.45. The lowest BCUT2D eigenvalue weighted by atomic mass is 10.1. The lowest BCUT2D eigenvalue weighted by molar-refractivity contribution is -0.384. The van der Waals surface area contributed by atoms with Crippen molar-refractivity contribution in [2.75, 3.05) is 95.2 Å². The highest BCUT2D eigenvalue weighted by molar-refractivity contribution is 5.97. The third kappa shape index (κ3) is 8.06. The van der Waals surface area contributed by atoms with Crippen molar-refractivity contribution < 1.29 is 24.0 Å². The van der Waals surface area contributed by atoms with Crippen LogP contribution >= 0.6 is 0 Å². The summed E-state index contributed by atoms with van der Waals surface area (Å²) in [6.07, 6.45) is 0. The first kappa shape index (κ1) is 30.6. The predicted molar refractivity (Wildman–Crippen MR) is 155 cm³/mol. The number of esters is 2. The Bertz CT molecular complexity index is 1180. The van der Waals surface area contributed by atoms with Gasteiger partial charge in [0, 0.05) is 70.2 Å². The average molecular weight is 557 g/mol. The second kappa shape index (κ2) is 14.5. The molecule has 0 saturated carbocycles. The van der Waals surface area contributed by atoms with E-state index in [4.69, 9.17) is 15.2 Å². The number of nitro groups is 1. The summed E-state index contributed by atoms with van der Waals surface area (Å²) in [7, 11) is 4.14. The summed E-state index contributed by atoms with van der Waals surface area (Å²) < 4.78 is 10.1. The van der Waals surface area contributed by atoms with Crippen LogP contribution in [0.1, 0.15) is 34.6 Å². The number of nitrogen functional groups attached to an aromatic ring is 1. The number of benzene rings is 2.